The van der Waals surface area contributed by atoms with Crippen molar-refractivity contribution in [2.75, 3.05) is 19.0 Å². The number of unbranched alkanes of at least 4 members (excludes halogenated alkanes) is 1. The summed E-state index contributed by atoms with van der Waals surface area (Å²) < 4.78 is 4.49. The van der Waals surface area contributed by atoms with Crippen molar-refractivity contribution in [3.05, 3.63) is 23.8 Å². The first-order valence-corrected chi connectivity index (χ1v) is 6.77. The Kier molecular flexibility index (Phi) is 4.76. The molecule has 0 saturated carbocycles. The molecule has 0 unspecified atom stereocenters. The monoisotopic (exact) mass is 290 g/mol. The summed E-state index contributed by atoms with van der Waals surface area (Å²) in [6.45, 7) is 2.73. The van der Waals surface area contributed by atoms with Gasteiger partial charge < -0.3 is 15.0 Å². The Morgan fingerprint density at radius 1 is 1.38 bits per heavy atom. The van der Waals surface area contributed by atoms with E-state index in [9.17, 15) is 9.59 Å². The van der Waals surface area contributed by atoms with Gasteiger partial charge in [0.25, 0.3) is 5.91 Å². The molecule has 7 heteroatoms. The Bertz CT molecular complexity index is 651. The molecule has 0 aliphatic rings. The van der Waals surface area contributed by atoms with Crippen LogP contribution in [-0.4, -0.2) is 35.6 Å². The van der Waals surface area contributed by atoms with Gasteiger partial charge in [0.2, 0.25) is 5.95 Å². The quantitative estimate of drug-likeness (QED) is 0.736. The van der Waals surface area contributed by atoms with E-state index >= 15 is 0 Å². The van der Waals surface area contributed by atoms with Crippen LogP contribution >= 0.6 is 0 Å². The third-order valence-corrected chi connectivity index (χ3v) is 2.97. The summed E-state index contributed by atoms with van der Waals surface area (Å²) in [5.41, 5.74) is 1.88. The highest BCUT2D eigenvalue weighted by Crippen LogP contribution is 2.16. The SMILES string of the molecule is CCCCNC(=O)c1ccc2nc(NC(=O)OC)[nH]c2c1. The number of benzene rings is 1. The Balaban J connectivity index is 2.13. The third kappa shape index (κ3) is 3.71. The molecule has 0 fully saturated rings. The summed E-state index contributed by atoms with van der Waals surface area (Å²) in [4.78, 5) is 30.2. The van der Waals surface area contributed by atoms with Crippen molar-refractivity contribution in [2.45, 2.75) is 19.8 Å². The fraction of sp³-hybridized carbons (Fsp3) is 0.357. The largest absolute Gasteiger partial charge is 0.453 e. The molecule has 112 valence electrons. The molecule has 1 aromatic heterocycles. The fourth-order valence-corrected chi connectivity index (χ4v) is 1.84. The van der Waals surface area contributed by atoms with Crippen molar-refractivity contribution in [1.82, 2.24) is 15.3 Å². The summed E-state index contributed by atoms with van der Waals surface area (Å²) in [7, 11) is 1.27. The molecule has 0 spiro atoms. The molecule has 0 saturated heterocycles. The minimum atomic E-state index is -0.605. The Labute approximate surface area is 122 Å². The Hall–Kier alpha value is -2.57. The molecular formula is C14H18N4O3. The second kappa shape index (κ2) is 6.74. The standard InChI is InChI=1S/C14H18N4O3/c1-3-4-7-15-12(19)9-5-6-10-11(8-9)17-13(16-10)18-14(20)21-2/h5-6,8H,3-4,7H2,1-2H3,(H,15,19)(H2,16,17,18,20). The third-order valence-electron chi connectivity index (χ3n) is 2.97. The van der Waals surface area contributed by atoms with Crippen molar-refractivity contribution in [1.29, 1.82) is 0 Å². The van der Waals surface area contributed by atoms with Crippen LogP contribution in [0.4, 0.5) is 10.7 Å². The predicted molar refractivity (Wildman–Crippen MR) is 79.4 cm³/mol. The van der Waals surface area contributed by atoms with Crippen LogP contribution in [-0.2, 0) is 4.74 Å². The number of anilines is 1. The van der Waals surface area contributed by atoms with Gasteiger partial charge in [-0.2, -0.15) is 0 Å². The maximum atomic E-state index is 12.0. The predicted octanol–water partition coefficient (Wildman–Crippen LogP) is 2.27. The lowest BCUT2D eigenvalue weighted by molar-refractivity contribution is 0.0953. The number of fused-ring (bicyclic) bond motifs is 1. The molecule has 0 bridgehead atoms. The molecular weight excluding hydrogens is 272 g/mol. The van der Waals surface area contributed by atoms with Crippen LogP contribution in [0.2, 0.25) is 0 Å². The number of carbonyl (C=O) groups excluding carboxylic acids is 2. The van der Waals surface area contributed by atoms with Gasteiger partial charge in [-0.05, 0) is 24.6 Å². The van der Waals surface area contributed by atoms with E-state index in [4.69, 9.17) is 0 Å². The van der Waals surface area contributed by atoms with Crippen LogP contribution in [0.25, 0.3) is 11.0 Å². The first-order valence-electron chi connectivity index (χ1n) is 6.77. The number of rotatable bonds is 5. The average Bonchev–Trinajstić information content (AvgIpc) is 2.88. The van der Waals surface area contributed by atoms with Gasteiger partial charge in [0.15, 0.2) is 0 Å². The molecule has 0 aliphatic heterocycles. The minimum Gasteiger partial charge on any atom is -0.453 e. The van der Waals surface area contributed by atoms with Crippen molar-refractivity contribution < 1.29 is 14.3 Å². The molecule has 2 rings (SSSR count). The van der Waals surface area contributed by atoms with Crippen LogP contribution in [0, 0.1) is 0 Å². The lowest BCUT2D eigenvalue weighted by Crippen LogP contribution is -2.24. The number of ether oxygens (including phenoxy) is 1. The van der Waals surface area contributed by atoms with Gasteiger partial charge in [-0.1, -0.05) is 13.3 Å². The molecule has 0 atom stereocenters. The van der Waals surface area contributed by atoms with Crippen LogP contribution in [0.3, 0.4) is 0 Å². The number of hydrogen-bond donors (Lipinski definition) is 3. The zero-order valence-corrected chi connectivity index (χ0v) is 12.0. The average molecular weight is 290 g/mol. The molecule has 1 aromatic carbocycles. The topological polar surface area (TPSA) is 96.1 Å². The normalized spacial score (nSPS) is 10.4. The molecule has 2 aromatic rings. The highest BCUT2D eigenvalue weighted by molar-refractivity contribution is 5.97. The zero-order valence-electron chi connectivity index (χ0n) is 12.0. The second-order valence-electron chi connectivity index (χ2n) is 4.54. The number of hydrogen-bond acceptors (Lipinski definition) is 4. The summed E-state index contributed by atoms with van der Waals surface area (Å²) in [6, 6.07) is 5.13. The zero-order chi connectivity index (χ0) is 15.2. The number of nitrogens with zero attached hydrogens (tertiary/aromatic N) is 1. The molecule has 2 amide bonds. The van der Waals surface area contributed by atoms with E-state index in [1.165, 1.54) is 7.11 Å². The highest BCUT2D eigenvalue weighted by atomic mass is 16.5. The lowest BCUT2D eigenvalue weighted by Gasteiger charge is -2.03. The van der Waals surface area contributed by atoms with Gasteiger partial charge in [-0.3, -0.25) is 10.1 Å². The Morgan fingerprint density at radius 3 is 2.90 bits per heavy atom. The van der Waals surface area contributed by atoms with E-state index in [1.807, 2.05) is 0 Å². The number of imidazole rings is 1. The van der Waals surface area contributed by atoms with Crippen molar-refractivity contribution in [2.24, 2.45) is 0 Å². The number of aromatic nitrogens is 2. The van der Waals surface area contributed by atoms with Gasteiger partial charge in [-0.25, -0.2) is 9.78 Å². The molecule has 21 heavy (non-hydrogen) atoms. The maximum Gasteiger partial charge on any atom is 0.413 e. The molecule has 0 radical (unpaired) electrons. The van der Waals surface area contributed by atoms with E-state index < -0.39 is 6.09 Å². The molecule has 3 N–H and O–H groups in total. The van der Waals surface area contributed by atoms with Crippen molar-refractivity contribution in [3.63, 3.8) is 0 Å². The minimum absolute atomic E-state index is 0.123. The summed E-state index contributed by atoms with van der Waals surface area (Å²) in [6.07, 6.45) is 1.37. The van der Waals surface area contributed by atoms with E-state index in [0.29, 0.717) is 23.1 Å². The van der Waals surface area contributed by atoms with E-state index in [-0.39, 0.29) is 11.9 Å². The molecule has 7 nitrogen and oxygen atoms in total. The molecule has 0 aliphatic carbocycles. The van der Waals surface area contributed by atoms with E-state index in [0.717, 1.165) is 12.8 Å². The first-order chi connectivity index (χ1) is 10.1. The maximum absolute atomic E-state index is 12.0. The van der Waals surface area contributed by atoms with Crippen molar-refractivity contribution >= 4 is 29.0 Å². The van der Waals surface area contributed by atoms with Crippen LogP contribution in [0.1, 0.15) is 30.1 Å². The highest BCUT2D eigenvalue weighted by Gasteiger charge is 2.10. The summed E-state index contributed by atoms with van der Waals surface area (Å²) in [5.74, 6) is 0.155. The van der Waals surface area contributed by atoms with Crippen LogP contribution < -0.4 is 10.6 Å². The summed E-state index contributed by atoms with van der Waals surface area (Å²) >= 11 is 0. The number of nitrogens with one attached hydrogen (secondary N) is 3. The van der Waals surface area contributed by atoms with Gasteiger partial charge in [0, 0.05) is 12.1 Å². The van der Waals surface area contributed by atoms with Crippen molar-refractivity contribution in [3.8, 4) is 0 Å². The fourth-order valence-electron chi connectivity index (χ4n) is 1.84. The van der Waals surface area contributed by atoms with E-state index in [1.54, 1.807) is 18.2 Å². The molecule has 1 heterocycles. The van der Waals surface area contributed by atoms with Crippen LogP contribution in [0.15, 0.2) is 18.2 Å². The lowest BCUT2D eigenvalue weighted by atomic mass is 10.2. The van der Waals surface area contributed by atoms with Crippen LogP contribution in [0.5, 0.6) is 0 Å². The first kappa shape index (κ1) is 14.8. The van der Waals surface area contributed by atoms with Gasteiger partial charge in [-0.15, -0.1) is 0 Å². The Morgan fingerprint density at radius 2 is 2.19 bits per heavy atom. The van der Waals surface area contributed by atoms with Gasteiger partial charge >= 0.3 is 6.09 Å². The van der Waals surface area contributed by atoms with Gasteiger partial charge in [0.05, 0.1) is 18.1 Å². The number of aromatic amines is 1. The second-order valence-corrected chi connectivity index (χ2v) is 4.54. The number of amides is 2. The number of H-pyrrole nitrogens is 1. The smallest absolute Gasteiger partial charge is 0.413 e. The van der Waals surface area contributed by atoms with E-state index in [2.05, 4.69) is 32.3 Å². The van der Waals surface area contributed by atoms with Gasteiger partial charge in [0.1, 0.15) is 0 Å². The summed E-state index contributed by atoms with van der Waals surface area (Å²) in [5, 5.41) is 5.29. The number of carbonyl (C=O) groups is 2. The number of methoxy groups -OCH3 is 1.